The lowest BCUT2D eigenvalue weighted by atomic mass is 9.88. The van der Waals surface area contributed by atoms with Gasteiger partial charge in [0.2, 0.25) is 5.91 Å². The van der Waals surface area contributed by atoms with Crippen LogP contribution in [-0.2, 0) is 4.79 Å². The van der Waals surface area contributed by atoms with E-state index in [1.54, 1.807) is 9.80 Å². The Hall–Kier alpha value is -2.64. The van der Waals surface area contributed by atoms with E-state index in [9.17, 15) is 18.8 Å². The van der Waals surface area contributed by atoms with Crippen molar-refractivity contribution in [2.75, 3.05) is 26.2 Å². The maximum absolute atomic E-state index is 13.2. The average molecular weight is 421 g/mol. The van der Waals surface area contributed by atoms with E-state index >= 15 is 0 Å². The van der Waals surface area contributed by atoms with Crippen LogP contribution in [0.4, 0.5) is 9.18 Å². The van der Waals surface area contributed by atoms with Crippen molar-refractivity contribution in [1.29, 1.82) is 0 Å². The number of piperidine rings is 1. The predicted molar refractivity (Wildman–Crippen MR) is 114 cm³/mol. The van der Waals surface area contributed by atoms with Gasteiger partial charge in [0.1, 0.15) is 11.9 Å². The van der Waals surface area contributed by atoms with Gasteiger partial charge in [0, 0.05) is 37.8 Å². The fourth-order valence-electron chi connectivity index (χ4n) is 3.71. The number of nitrogens with zero attached hydrogens (tertiary/aromatic N) is 2. The Bertz CT molecular complexity index is 726. The van der Waals surface area contributed by atoms with E-state index in [0.717, 1.165) is 0 Å². The van der Waals surface area contributed by atoms with E-state index in [-0.39, 0.29) is 23.9 Å². The molecule has 0 saturated carbocycles. The number of hydrogen-bond donors (Lipinski definition) is 2. The number of halogens is 1. The molecule has 2 N–H and O–H groups in total. The fourth-order valence-corrected chi connectivity index (χ4v) is 3.71. The van der Waals surface area contributed by atoms with Gasteiger partial charge in [0.25, 0.3) is 5.91 Å². The van der Waals surface area contributed by atoms with Crippen LogP contribution in [0.1, 0.15) is 50.9 Å². The largest absolute Gasteiger partial charge is 0.341 e. The molecule has 1 atom stereocenters. The van der Waals surface area contributed by atoms with Crippen LogP contribution in [0.3, 0.4) is 0 Å². The smallest absolute Gasteiger partial charge is 0.317 e. The number of amides is 4. The summed E-state index contributed by atoms with van der Waals surface area (Å²) in [7, 11) is 0. The Morgan fingerprint density at radius 2 is 1.63 bits per heavy atom. The molecule has 0 bridgehead atoms. The Morgan fingerprint density at radius 3 is 2.13 bits per heavy atom. The van der Waals surface area contributed by atoms with Crippen molar-refractivity contribution < 1.29 is 18.8 Å². The van der Waals surface area contributed by atoms with Gasteiger partial charge in [-0.15, -0.1) is 0 Å². The maximum atomic E-state index is 13.2. The van der Waals surface area contributed by atoms with Gasteiger partial charge in [-0.2, -0.15) is 0 Å². The molecule has 0 unspecified atom stereocenters. The lowest BCUT2D eigenvalue weighted by molar-refractivity contribution is -0.134. The molecule has 0 aromatic heterocycles. The summed E-state index contributed by atoms with van der Waals surface area (Å²) in [6.07, 6.45) is 1.24. The van der Waals surface area contributed by atoms with Crippen molar-refractivity contribution in [3.63, 3.8) is 0 Å². The number of urea groups is 1. The van der Waals surface area contributed by atoms with Gasteiger partial charge in [0.05, 0.1) is 0 Å². The molecule has 1 fully saturated rings. The molecule has 30 heavy (non-hydrogen) atoms. The van der Waals surface area contributed by atoms with Crippen LogP contribution in [0.5, 0.6) is 0 Å². The van der Waals surface area contributed by atoms with Crippen LogP contribution in [0, 0.1) is 11.7 Å². The van der Waals surface area contributed by atoms with E-state index in [0.29, 0.717) is 44.6 Å². The van der Waals surface area contributed by atoms with E-state index in [4.69, 9.17) is 0 Å². The van der Waals surface area contributed by atoms with Gasteiger partial charge >= 0.3 is 6.03 Å². The molecule has 1 aromatic rings. The fraction of sp³-hybridized carbons (Fsp3) is 0.591. The molecule has 1 aliphatic rings. The number of carbonyl (C=O) groups is 3. The summed E-state index contributed by atoms with van der Waals surface area (Å²) in [4.78, 5) is 41.6. The number of benzene rings is 1. The van der Waals surface area contributed by atoms with E-state index in [1.807, 2.05) is 27.7 Å². The molecule has 166 valence electrons. The van der Waals surface area contributed by atoms with Crippen molar-refractivity contribution in [2.24, 2.45) is 5.92 Å². The number of likely N-dealkylation sites (tertiary alicyclic amines) is 1. The number of carbonyl (C=O) groups excluding carboxylic acids is 3. The van der Waals surface area contributed by atoms with Gasteiger partial charge in [-0.25, -0.2) is 9.18 Å². The standard InChI is InChI=1S/C22H33FN4O3/c1-5-26(6-2)21(29)19(25-20(28)17-7-9-18(23)10-8-17)16-11-13-27(14-12-16)22(30)24-15(3)4/h7-10,15-16,19H,5-6,11-14H2,1-4H3,(H,24,30)(H,25,28)/t19-/m1/s1. The molecule has 0 aliphatic carbocycles. The number of hydrogen-bond acceptors (Lipinski definition) is 3. The van der Waals surface area contributed by atoms with Crippen molar-refractivity contribution in [1.82, 2.24) is 20.4 Å². The van der Waals surface area contributed by atoms with Crippen molar-refractivity contribution >= 4 is 17.8 Å². The third-order valence-corrected chi connectivity index (χ3v) is 5.44. The van der Waals surface area contributed by atoms with E-state index in [2.05, 4.69) is 10.6 Å². The zero-order valence-electron chi connectivity index (χ0n) is 18.3. The first-order valence-electron chi connectivity index (χ1n) is 10.7. The summed E-state index contributed by atoms with van der Waals surface area (Å²) in [5, 5.41) is 5.76. The summed E-state index contributed by atoms with van der Waals surface area (Å²) < 4.78 is 13.2. The van der Waals surface area contributed by atoms with E-state index in [1.165, 1.54) is 24.3 Å². The molecular formula is C22H33FN4O3. The molecule has 2 rings (SSSR count). The third kappa shape index (κ3) is 6.18. The Balaban J connectivity index is 2.12. The summed E-state index contributed by atoms with van der Waals surface area (Å²) >= 11 is 0. The minimum Gasteiger partial charge on any atom is -0.341 e. The molecule has 7 nitrogen and oxygen atoms in total. The zero-order chi connectivity index (χ0) is 22.3. The quantitative estimate of drug-likeness (QED) is 0.712. The lowest BCUT2D eigenvalue weighted by Crippen LogP contribution is -2.55. The van der Waals surface area contributed by atoms with Gasteiger partial charge in [-0.3, -0.25) is 9.59 Å². The predicted octanol–water partition coefficient (Wildman–Crippen LogP) is 2.62. The van der Waals surface area contributed by atoms with Crippen LogP contribution >= 0.6 is 0 Å². The summed E-state index contributed by atoms with van der Waals surface area (Å²) in [5.41, 5.74) is 0.308. The Labute approximate surface area is 178 Å². The summed E-state index contributed by atoms with van der Waals surface area (Å²) in [6, 6.07) is 4.53. The maximum Gasteiger partial charge on any atom is 0.317 e. The highest BCUT2D eigenvalue weighted by molar-refractivity contribution is 5.97. The highest BCUT2D eigenvalue weighted by atomic mass is 19.1. The van der Waals surface area contributed by atoms with Crippen LogP contribution in [0.15, 0.2) is 24.3 Å². The van der Waals surface area contributed by atoms with Crippen molar-refractivity contribution in [2.45, 2.75) is 52.6 Å². The number of rotatable bonds is 7. The van der Waals surface area contributed by atoms with E-state index < -0.39 is 17.8 Å². The van der Waals surface area contributed by atoms with Gasteiger partial charge in [-0.1, -0.05) is 0 Å². The first-order valence-corrected chi connectivity index (χ1v) is 10.7. The average Bonchev–Trinajstić information content (AvgIpc) is 2.72. The van der Waals surface area contributed by atoms with Gasteiger partial charge < -0.3 is 20.4 Å². The zero-order valence-corrected chi connectivity index (χ0v) is 18.3. The molecular weight excluding hydrogens is 387 g/mol. The third-order valence-electron chi connectivity index (χ3n) is 5.44. The number of likely N-dealkylation sites (N-methyl/N-ethyl adjacent to an activating group) is 1. The minimum absolute atomic E-state index is 0.0576. The molecule has 1 aliphatic heterocycles. The summed E-state index contributed by atoms with van der Waals surface area (Å²) in [5.74, 6) is -1.03. The molecule has 0 radical (unpaired) electrons. The second-order valence-electron chi connectivity index (χ2n) is 7.90. The number of nitrogens with one attached hydrogen (secondary N) is 2. The second kappa shape index (κ2) is 10.9. The first-order chi connectivity index (χ1) is 14.3. The molecule has 8 heteroatoms. The van der Waals surface area contributed by atoms with Crippen molar-refractivity contribution in [3.05, 3.63) is 35.6 Å². The van der Waals surface area contributed by atoms with Crippen LogP contribution < -0.4 is 10.6 Å². The first kappa shape index (κ1) is 23.6. The second-order valence-corrected chi connectivity index (χ2v) is 7.90. The Kier molecular flexibility index (Phi) is 8.62. The summed E-state index contributed by atoms with van der Waals surface area (Å²) in [6.45, 7) is 9.78. The highest BCUT2D eigenvalue weighted by Gasteiger charge is 2.35. The molecule has 1 heterocycles. The minimum atomic E-state index is -0.683. The van der Waals surface area contributed by atoms with Gasteiger partial charge in [-0.05, 0) is 70.7 Å². The SMILES string of the molecule is CCN(CC)C(=O)[C@H](NC(=O)c1ccc(F)cc1)C1CCN(C(=O)NC(C)C)CC1. The van der Waals surface area contributed by atoms with Crippen molar-refractivity contribution in [3.8, 4) is 0 Å². The molecule has 1 aromatic carbocycles. The van der Waals surface area contributed by atoms with Crippen LogP contribution in [0.25, 0.3) is 0 Å². The highest BCUT2D eigenvalue weighted by Crippen LogP contribution is 2.23. The monoisotopic (exact) mass is 420 g/mol. The molecule has 0 spiro atoms. The normalized spacial score (nSPS) is 15.6. The van der Waals surface area contributed by atoms with Crippen LogP contribution in [0.2, 0.25) is 0 Å². The van der Waals surface area contributed by atoms with Crippen LogP contribution in [-0.4, -0.2) is 65.9 Å². The molecule has 4 amide bonds. The Morgan fingerprint density at radius 1 is 1.07 bits per heavy atom. The van der Waals surface area contributed by atoms with Gasteiger partial charge in [0.15, 0.2) is 0 Å². The lowest BCUT2D eigenvalue weighted by Gasteiger charge is -2.37. The topological polar surface area (TPSA) is 81.8 Å². The molecule has 1 saturated heterocycles.